The zero-order valence-electron chi connectivity index (χ0n) is 21.2. The Morgan fingerprint density at radius 3 is 2.22 bits per heavy atom. The van der Waals surface area contributed by atoms with Crippen LogP contribution in [0.1, 0.15) is 31.4 Å². The highest BCUT2D eigenvalue weighted by Gasteiger charge is 2.33. The van der Waals surface area contributed by atoms with Crippen LogP contribution < -0.4 is 9.62 Å². The van der Waals surface area contributed by atoms with Crippen LogP contribution in [0.15, 0.2) is 83.8 Å². The Morgan fingerprint density at radius 1 is 0.946 bits per heavy atom. The number of carbonyl (C=O) groups is 2. The van der Waals surface area contributed by atoms with Crippen LogP contribution in [0.3, 0.4) is 0 Å². The van der Waals surface area contributed by atoms with Gasteiger partial charge in [0.05, 0.1) is 10.6 Å². The molecular formula is C28H32FN3O4S. The molecule has 0 bridgehead atoms. The predicted octanol–water partition coefficient (Wildman–Crippen LogP) is 4.27. The van der Waals surface area contributed by atoms with Crippen molar-refractivity contribution in [2.45, 2.75) is 44.7 Å². The first-order valence-electron chi connectivity index (χ1n) is 12.1. The number of hydrogen-bond acceptors (Lipinski definition) is 4. The summed E-state index contributed by atoms with van der Waals surface area (Å²) in [5.74, 6) is -1.56. The standard InChI is InChI=1S/C28H32FN3O4S/c1-4-18-30-28(34)22(3)31(19-23-13-9-10-16-25(23)29)27(33)20-32(26-17-11-8-12-21(26)2)37(35,36)24-14-6-5-7-15-24/h5-17,22H,4,18-20H2,1-3H3,(H,30,34)/t22-/m0/s1. The first-order valence-corrected chi connectivity index (χ1v) is 13.5. The van der Waals surface area contributed by atoms with Crippen molar-refractivity contribution in [1.82, 2.24) is 10.2 Å². The molecule has 2 amide bonds. The molecule has 0 heterocycles. The molecule has 1 atom stereocenters. The topological polar surface area (TPSA) is 86.8 Å². The van der Waals surface area contributed by atoms with E-state index in [2.05, 4.69) is 5.32 Å². The summed E-state index contributed by atoms with van der Waals surface area (Å²) >= 11 is 0. The van der Waals surface area contributed by atoms with Gasteiger partial charge in [-0.3, -0.25) is 13.9 Å². The third kappa shape index (κ3) is 6.74. The van der Waals surface area contributed by atoms with Crippen molar-refractivity contribution in [3.63, 3.8) is 0 Å². The van der Waals surface area contributed by atoms with E-state index in [9.17, 15) is 22.4 Å². The molecule has 3 aromatic rings. The quantitative estimate of drug-likeness (QED) is 0.405. The second-order valence-corrected chi connectivity index (χ2v) is 10.6. The Hall–Kier alpha value is -3.72. The fourth-order valence-electron chi connectivity index (χ4n) is 3.86. The number of hydrogen-bond donors (Lipinski definition) is 1. The maximum atomic E-state index is 14.5. The molecule has 1 N–H and O–H groups in total. The molecule has 3 rings (SSSR count). The molecule has 0 unspecified atom stereocenters. The van der Waals surface area contributed by atoms with Gasteiger partial charge in [-0.2, -0.15) is 0 Å². The lowest BCUT2D eigenvalue weighted by atomic mass is 10.1. The third-order valence-electron chi connectivity index (χ3n) is 6.01. The minimum atomic E-state index is -4.14. The minimum absolute atomic E-state index is 0.0282. The largest absolute Gasteiger partial charge is 0.354 e. The molecule has 0 aliphatic rings. The molecule has 196 valence electrons. The van der Waals surface area contributed by atoms with Gasteiger partial charge >= 0.3 is 0 Å². The van der Waals surface area contributed by atoms with E-state index >= 15 is 0 Å². The van der Waals surface area contributed by atoms with E-state index in [1.165, 1.54) is 35.2 Å². The molecule has 9 heteroatoms. The Kier molecular flexibility index (Phi) is 9.41. The summed E-state index contributed by atoms with van der Waals surface area (Å²) in [5, 5.41) is 2.76. The maximum Gasteiger partial charge on any atom is 0.264 e. The predicted molar refractivity (Wildman–Crippen MR) is 142 cm³/mol. The number of benzene rings is 3. The smallest absolute Gasteiger partial charge is 0.264 e. The van der Waals surface area contributed by atoms with Gasteiger partial charge in [0.15, 0.2) is 0 Å². The van der Waals surface area contributed by atoms with Crippen molar-refractivity contribution < 1.29 is 22.4 Å². The lowest BCUT2D eigenvalue weighted by molar-refractivity contribution is -0.139. The fourth-order valence-corrected chi connectivity index (χ4v) is 5.36. The minimum Gasteiger partial charge on any atom is -0.354 e. The van der Waals surface area contributed by atoms with E-state index in [0.717, 1.165) is 4.31 Å². The molecule has 0 aromatic heterocycles. The highest BCUT2D eigenvalue weighted by Crippen LogP contribution is 2.27. The van der Waals surface area contributed by atoms with Crippen molar-refractivity contribution in [3.8, 4) is 0 Å². The lowest BCUT2D eigenvalue weighted by Crippen LogP contribution is -2.51. The second kappa shape index (κ2) is 12.5. The molecule has 3 aromatic carbocycles. The molecule has 0 saturated heterocycles. The summed E-state index contributed by atoms with van der Waals surface area (Å²) in [7, 11) is -4.14. The van der Waals surface area contributed by atoms with Crippen LogP contribution >= 0.6 is 0 Å². The van der Waals surface area contributed by atoms with Gasteiger partial charge in [-0.05, 0) is 50.1 Å². The molecule has 0 fully saturated rings. The Morgan fingerprint density at radius 2 is 1.57 bits per heavy atom. The average Bonchev–Trinajstić information content (AvgIpc) is 2.90. The van der Waals surface area contributed by atoms with E-state index in [0.29, 0.717) is 24.2 Å². The van der Waals surface area contributed by atoms with Crippen molar-refractivity contribution in [2.24, 2.45) is 0 Å². The fraction of sp³-hybridized carbons (Fsp3) is 0.286. The lowest BCUT2D eigenvalue weighted by Gasteiger charge is -2.32. The Bertz CT molecular complexity index is 1330. The van der Waals surface area contributed by atoms with Crippen molar-refractivity contribution in [3.05, 3.63) is 95.8 Å². The van der Waals surface area contributed by atoms with E-state index < -0.39 is 40.2 Å². The summed E-state index contributed by atoms with van der Waals surface area (Å²) in [6.07, 6.45) is 0.704. The van der Waals surface area contributed by atoms with Crippen LogP contribution in [-0.4, -0.2) is 44.3 Å². The number of nitrogens with one attached hydrogen (secondary N) is 1. The van der Waals surface area contributed by atoms with Crippen LogP contribution in [0.2, 0.25) is 0 Å². The van der Waals surface area contributed by atoms with Gasteiger partial charge < -0.3 is 10.2 Å². The van der Waals surface area contributed by atoms with Gasteiger partial charge in [0.2, 0.25) is 11.8 Å². The van der Waals surface area contributed by atoms with Gasteiger partial charge in [-0.25, -0.2) is 12.8 Å². The number of anilines is 1. The summed E-state index contributed by atoms with van der Waals surface area (Å²) < 4.78 is 43.0. The van der Waals surface area contributed by atoms with Crippen LogP contribution in [0, 0.1) is 12.7 Å². The SMILES string of the molecule is CCCNC(=O)[C@H](C)N(Cc1ccccc1F)C(=O)CN(c1ccccc1C)S(=O)(=O)c1ccccc1. The number of amides is 2. The van der Waals surface area contributed by atoms with Gasteiger partial charge in [-0.1, -0.05) is 61.5 Å². The molecule has 0 saturated carbocycles. The summed E-state index contributed by atoms with van der Waals surface area (Å²) in [6, 6.07) is 19.7. The first-order chi connectivity index (χ1) is 17.7. The van der Waals surface area contributed by atoms with Gasteiger partial charge in [0, 0.05) is 18.7 Å². The summed E-state index contributed by atoms with van der Waals surface area (Å²) in [4.78, 5) is 27.8. The zero-order valence-corrected chi connectivity index (χ0v) is 22.0. The number of sulfonamides is 1. The van der Waals surface area contributed by atoms with E-state index in [4.69, 9.17) is 0 Å². The van der Waals surface area contributed by atoms with E-state index in [-0.39, 0.29) is 17.0 Å². The van der Waals surface area contributed by atoms with Crippen molar-refractivity contribution >= 4 is 27.5 Å². The average molecular weight is 526 g/mol. The second-order valence-electron chi connectivity index (χ2n) is 8.69. The van der Waals surface area contributed by atoms with E-state index in [1.807, 2.05) is 6.92 Å². The van der Waals surface area contributed by atoms with Crippen LogP contribution in [0.4, 0.5) is 10.1 Å². The summed E-state index contributed by atoms with van der Waals surface area (Å²) in [6.45, 7) is 4.87. The number of nitrogens with zero attached hydrogens (tertiary/aromatic N) is 2. The maximum absolute atomic E-state index is 14.5. The molecule has 7 nitrogen and oxygen atoms in total. The molecule has 37 heavy (non-hydrogen) atoms. The van der Waals surface area contributed by atoms with Crippen molar-refractivity contribution in [2.75, 3.05) is 17.4 Å². The number of para-hydroxylation sites is 1. The Labute approximate surface area is 218 Å². The van der Waals surface area contributed by atoms with E-state index in [1.54, 1.807) is 62.4 Å². The molecular weight excluding hydrogens is 493 g/mol. The number of carbonyl (C=O) groups excluding carboxylic acids is 2. The molecule has 0 aliphatic heterocycles. The van der Waals surface area contributed by atoms with Gasteiger partial charge in [0.1, 0.15) is 18.4 Å². The van der Waals surface area contributed by atoms with Gasteiger partial charge in [-0.15, -0.1) is 0 Å². The zero-order chi connectivity index (χ0) is 27.0. The molecule has 0 radical (unpaired) electrons. The van der Waals surface area contributed by atoms with Crippen molar-refractivity contribution in [1.29, 1.82) is 0 Å². The van der Waals surface area contributed by atoms with Crippen LogP contribution in [0.5, 0.6) is 0 Å². The number of halogens is 1. The third-order valence-corrected chi connectivity index (χ3v) is 7.78. The highest BCUT2D eigenvalue weighted by atomic mass is 32.2. The van der Waals surface area contributed by atoms with Crippen LogP contribution in [0.25, 0.3) is 0 Å². The Balaban J connectivity index is 2.03. The monoisotopic (exact) mass is 525 g/mol. The summed E-state index contributed by atoms with van der Waals surface area (Å²) in [5.41, 5.74) is 1.22. The van der Waals surface area contributed by atoms with Crippen LogP contribution in [-0.2, 0) is 26.2 Å². The first kappa shape index (κ1) is 27.9. The number of aryl methyl sites for hydroxylation is 1. The number of rotatable bonds is 11. The molecule has 0 spiro atoms. The molecule has 0 aliphatic carbocycles. The highest BCUT2D eigenvalue weighted by molar-refractivity contribution is 7.92. The van der Waals surface area contributed by atoms with Gasteiger partial charge in [0.25, 0.3) is 10.0 Å². The normalized spacial score (nSPS) is 12.0.